The molecule has 146 valence electrons. The van der Waals surface area contributed by atoms with E-state index in [2.05, 4.69) is 4.98 Å². The van der Waals surface area contributed by atoms with Gasteiger partial charge in [0.15, 0.2) is 0 Å². The van der Waals surface area contributed by atoms with Crippen molar-refractivity contribution in [3.63, 3.8) is 0 Å². The fraction of sp³-hybridized carbons (Fsp3) is 0.409. The maximum absolute atomic E-state index is 13.1. The Balaban J connectivity index is 1.41. The third kappa shape index (κ3) is 4.22. The molecule has 0 atom stereocenters. The molecule has 0 spiro atoms. The summed E-state index contributed by atoms with van der Waals surface area (Å²) < 4.78 is 0. The molecule has 0 radical (unpaired) electrons. The first kappa shape index (κ1) is 19.0. The number of aromatic nitrogens is 1. The smallest absolute Gasteiger partial charge is 0.256 e. The van der Waals surface area contributed by atoms with Crippen molar-refractivity contribution in [2.75, 3.05) is 26.2 Å². The van der Waals surface area contributed by atoms with Crippen molar-refractivity contribution in [1.29, 1.82) is 0 Å². The van der Waals surface area contributed by atoms with Gasteiger partial charge >= 0.3 is 0 Å². The summed E-state index contributed by atoms with van der Waals surface area (Å²) in [4.78, 5) is 35.0. The molecule has 2 aliphatic rings. The maximum atomic E-state index is 13.1. The predicted octanol–water partition coefficient (Wildman–Crippen LogP) is 3.71. The van der Waals surface area contributed by atoms with E-state index >= 15 is 0 Å². The fourth-order valence-electron chi connectivity index (χ4n) is 3.97. The first-order chi connectivity index (χ1) is 13.7. The number of carbonyl (C=O) groups excluding carboxylic acids is 2. The molecule has 4 rings (SSSR count). The van der Waals surface area contributed by atoms with E-state index in [0.717, 1.165) is 35.6 Å². The van der Waals surface area contributed by atoms with E-state index in [-0.39, 0.29) is 17.7 Å². The Morgan fingerprint density at radius 3 is 2.29 bits per heavy atom. The molecule has 1 saturated heterocycles. The van der Waals surface area contributed by atoms with Crippen molar-refractivity contribution in [1.82, 2.24) is 14.8 Å². The van der Waals surface area contributed by atoms with Crippen LogP contribution in [-0.4, -0.2) is 52.8 Å². The van der Waals surface area contributed by atoms with E-state index in [0.29, 0.717) is 31.7 Å². The predicted molar refractivity (Wildman–Crippen MR) is 109 cm³/mol. The van der Waals surface area contributed by atoms with Gasteiger partial charge in [-0.15, -0.1) is 0 Å². The molecule has 5 nitrogen and oxygen atoms in total. The Kier molecular flexibility index (Phi) is 5.95. The minimum absolute atomic E-state index is 0.000466. The highest BCUT2D eigenvalue weighted by atomic mass is 32.2. The van der Waals surface area contributed by atoms with Crippen LogP contribution in [0.5, 0.6) is 0 Å². The van der Waals surface area contributed by atoms with Crippen molar-refractivity contribution in [3.8, 4) is 0 Å². The number of pyridine rings is 1. The van der Waals surface area contributed by atoms with Crippen molar-refractivity contribution < 1.29 is 9.59 Å². The van der Waals surface area contributed by atoms with Gasteiger partial charge in [0, 0.05) is 43.2 Å². The van der Waals surface area contributed by atoms with Crippen molar-refractivity contribution in [2.24, 2.45) is 5.92 Å². The van der Waals surface area contributed by atoms with Gasteiger partial charge in [0.25, 0.3) is 5.91 Å². The Bertz CT molecular complexity index is 829. The van der Waals surface area contributed by atoms with Crippen LogP contribution in [0.15, 0.2) is 58.6 Å². The van der Waals surface area contributed by atoms with Crippen LogP contribution in [0.1, 0.15) is 36.0 Å². The summed E-state index contributed by atoms with van der Waals surface area (Å²) in [5.41, 5.74) is 0.631. The average Bonchev–Trinajstić information content (AvgIpc) is 3.29. The SMILES string of the molecule is O=C(c1cccnc1Sc1ccccc1)N1CCN(C(=O)C2CCCC2)CC1. The van der Waals surface area contributed by atoms with Gasteiger partial charge < -0.3 is 9.80 Å². The lowest BCUT2D eigenvalue weighted by atomic mass is 10.1. The lowest BCUT2D eigenvalue weighted by Crippen LogP contribution is -2.51. The quantitative estimate of drug-likeness (QED) is 0.792. The van der Waals surface area contributed by atoms with Crippen LogP contribution in [0.3, 0.4) is 0 Å². The number of carbonyl (C=O) groups is 2. The topological polar surface area (TPSA) is 53.5 Å². The zero-order chi connectivity index (χ0) is 19.3. The normalized spacial score (nSPS) is 17.7. The van der Waals surface area contributed by atoms with Gasteiger partial charge in [-0.2, -0.15) is 0 Å². The Hall–Kier alpha value is -2.34. The zero-order valence-corrected chi connectivity index (χ0v) is 16.7. The lowest BCUT2D eigenvalue weighted by Gasteiger charge is -2.36. The standard InChI is InChI=1S/C22H25N3O2S/c26-21(17-7-4-5-8-17)24-13-15-25(16-14-24)22(27)19-11-6-12-23-20(19)28-18-9-2-1-3-10-18/h1-3,6,9-12,17H,4-5,7-8,13-16H2. The molecular weight excluding hydrogens is 370 g/mol. The van der Waals surface area contributed by atoms with Crippen LogP contribution in [0.4, 0.5) is 0 Å². The number of piperazine rings is 1. The highest BCUT2D eigenvalue weighted by Gasteiger charge is 2.31. The largest absolute Gasteiger partial charge is 0.339 e. The average molecular weight is 396 g/mol. The highest BCUT2D eigenvalue weighted by molar-refractivity contribution is 7.99. The van der Waals surface area contributed by atoms with Gasteiger partial charge in [0.05, 0.1) is 5.56 Å². The third-order valence-corrected chi connectivity index (χ3v) is 6.57. The van der Waals surface area contributed by atoms with Gasteiger partial charge in [-0.1, -0.05) is 42.8 Å². The van der Waals surface area contributed by atoms with Gasteiger partial charge in [-0.05, 0) is 37.1 Å². The molecule has 1 saturated carbocycles. The summed E-state index contributed by atoms with van der Waals surface area (Å²) in [6, 6.07) is 13.6. The second-order valence-electron chi connectivity index (χ2n) is 7.37. The first-order valence-corrected chi connectivity index (χ1v) is 10.8. The van der Waals surface area contributed by atoms with Crippen molar-refractivity contribution >= 4 is 23.6 Å². The molecule has 1 aromatic carbocycles. The van der Waals surface area contributed by atoms with E-state index in [1.165, 1.54) is 11.8 Å². The molecule has 0 unspecified atom stereocenters. The Morgan fingerprint density at radius 2 is 1.57 bits per heavy atom. The van der Waals surface area contributed by atoms with Gasteiger partial charge in [0.2, 0.25) is 5.91 Å². The number of amides is 2. The zero-order valence-electron chi connectivity index (χ0n) is 15.9. The van der Waals surface area contributed by atoms with Crippen LogP contribution < -0.4 is 0 Å². The monoisotopic (exact) mass is 395 g/mol. The Morgan fingerprint density at radius 1 is 0.893 bits per heavy atom. The summed E-state index contributed by atoms with van der Waals surface area (Å²) in [7, 11) is 0. The molecule has 2 fully saturated rings. The van der Waals surface area contributed by atoms with Crippen molar-refractivity contribution in [3.05, 3.63) is 54.2 Å². The second kappa shape index (κ2) is 8.78. The molecule has 6 heteroatoms. The molecule has 2 amide bonds. The summed E-state index contributed by atoms with van der Waals surface area (Å²) in [6.45, 7) is 2.42. The number of hydrogen-bond donors (Lipinski definition) is 0. The van der Waals surface area contributed by atoms with E-state index in [4.69, 9.17) is 0 Å². The van der Waals surface area contributed by atoms with Crippen LogP contribution in [-0.2, 0) is 4.79 Å². The molecule has 0 N–H and O–H groups in total. The van der Waals surface area contributed by atoms with E-state index in [1.807, 2.05) is 52.3 Å². The molecule has 2 heterocycles. The molecule has 0 bridgehead atoms. The van der Waals surface area contributed by atoms with E-state index < -0.39 is 0 Å². The lowest BCUT2D eigenvalue weighted by molar-refractivity contribution is -0.136. The molecule has 1 aliphatic carbocycles. The molecule has 1 aliphatic heterocycles. The number of rotatable bonds is 4. The maximum Gasteiger partial charge on any atom is 0.256 e. The fourth-order valence-corrected chi connectivity index (χ4v) is 4.86. The molecule has 2 aromatic rings. The van der Waals surface area contributed by atoms with E-state index in [9.17, 15) is 9.59 Å². The van der Waals surface area contributed by atoms with Gasteiger partial charge in [-0.25, -0.2) is 4.98 Å². The number of nitrogens with zero attached hydrogens (tertiary/aromatic N) is 3. The first-order valence-electron chi connectivity index (χ1n) is 9.98. The molecular formula is C22H25N3O2S. The van der Waals surface area contributed by atoms with E-state index in [1.54, 1.807) is 6.20 Å². The highest BCUT2D eigenvalue weighted by Crippen LogP contribution is 2.30. The van der Waals surface area contributed by atoms with Crippen LogP contribution in [0.25, 0.3) is 0 Å². The molecule has 1 aromatic heterocycles. The van der Waals surface area contributed by atoms with Crippen LogP contribution in [0.2, 0.25) is 0 Å². The van der Waals surface area contributed by atoms with Gasteiger partial charge in [-0.3, -0.25) is 9.59 Å². The Labute approximate surface area is 170 Å². The molecule has 28 heavy (non-hydrogen) atoms. The minimum atomic E-state index is -0.000466. The number of benzene rings is 1. The summed E-state index contributed by atoms with van der Waals surface area (Å²) in [5, 5.41) is 0.725. The van der Waals surface area contributed by atoms with Crippen LogP contribution in [0, 0.1) is 5.92 Å². The summed E-state index contributed by atoms with van der Waals surface area (Å²) >= 11 is 1.51. The number of hydrogen-bond acceptors (Lipinski definition) is 4. The minimum Gasteiger partial charge on any atom is -0.339 e. The van der Waals surface area contributed by atoms with Gasteiger partial charge in [0.1, 0.15) is 5.03 Å². The summed E-state index contributed by atoms with van der Waals surface area (Å²) in [5.74, 6) is 0.486. The summed E-state index contributed by atoms with van der Waals surface area (Å²) in [6.07, 6.45) is 6.09. The second-order valence-corrected chi connectivity index (χ2v) is 8.43. The third-order valence-electron chi connectivity index (χ3n) is 5.54. The van der Waals surface area contributed by atoms with Crippen molar-refractivity contribution in [2.45, 2.75) is 35.6 Å². The van der Waals surface area contributed by atoms with Crippen LogP contribution >= 0.6 is 11.8 Å².